The monoisotopic (exact) mass is 235 g/mol. The predicted molar refractivity (Wildman–Crippen MR) is 60.5 cm³/mol. The zero-order valence-corrected chi connectivity index (χ0v) is 10.3. The Balaban J connectivity index is 2.61. The quantitative estimate of drug-likeness (QED) is 0.706. The van der Waals surface area contributed by atoms with Crippen LogP contribution in [0.25, 0.3) is 0 Å². The van der Waals surface area contributed by atoms with Gasteiger partial charge in [0.25, 0.3) is 10.2 Å². The fourth-order valence-electron chi connectivity index (χ4n) is 2.08. The molecule has 0 saturated carbocycles. The van der Waals surface area contributed by atoms with Crippen LogP contribution in [0.4, 0.5) is 0 Å². The lowest BCUT2D eigenvalue weighted by molar-refractivity contribution is 0.220. The van der Waals surface area contributed by atoms with E-state index < -0.39 is 10.2 Å². The second kappa shape index (κ2) is 5.25. The number of hydrogen-bond acceptors (Lipinski definition) is 3. The van der Waals surface area contributed by atoms with Crippen molar-refractivity contribution >= 4 is 10.2 Å². The second-order valence-electron chi connectivity index (χ2n) is 4.45. The lowest BCUT2D eigenvalue weighted by Crippen LogP contribution is -2.48. The van der Waals surface area contributed by atoms with Gasteiger partial charge in [0.2, 0.25) is 0 Å². The zero-order valence-electron chi connectivity index (χ0n) is 9.44. The third-order valence-electron chi connectivity index (χ3n) is 2.60. The van der Waals surface area contributed by atoms with Crippen LogP contribution in [0.5, 0.6) is 0 Å². The summed E-state index contributed by atoms with van der Waals surface area (Å²) in [5.74, 6) is 0.867. The Morgan fingerprint density at radius 3 is 2.33 bits per heavy atom. The Bertz CT molecular complexity index is 282. The van der Waals surface area contributed by atoms with Crippen LogP contribution in [-0.4, -0.2) is 38.9 Å². The predicted octanol–water partition coefficient (Wildman–Crippen LogP) is -0.243. The molecule has 0 amide bonds. The van der Waals surface area contributed by atoms with Gasteiger partial charge in [-0.25, -0.2) is 4.72 Å². The van der Waals surface area contributed by atoms with Gasteiger partial charge in [0.15, 0.2) is 0 Å². The van der Waals surface area contributed by atoms with Crippen molar-refractivity contribution in [1.29, 1.82) is 0 Å². The van der Waals surface area contributed by atoms with Crippen molar-refractivity contribution in [1.82, 2.24) is 9.03 Å². The molecule has 1 aliphatic heterocycles. The van der Waals surface area contributed by atoms with E-state index in [-0.39, 0.29) is 0 Å². The highest BCUT2D eigenvalue weighted by atomic mass is 32.2. The van der Waals surface area contributed by atoms with Crippen LogP contribution in [0.1, 0.15) is 20.3 Å². The average molecular weight is 235 g/mol. The summed E-state index contributed by atoms with van der Waals surface area (Å²) >= 11 is 0. The van der Waals surface area contributed by atoms with Crippen LogP contribution in [-0.2, 0) is 10.2 Å². The maximum Gasteiger partial charge on any atom is 0.279 e. The fraction of sp³-hybridized carbons (Fsp3) is 1.00. The van der Waals surface area contributed by atoms with Crippen LogP contribution in [0.2, 0.25) is 0 Å². The van der Waals surface area contributed by atoms with E-state index in [0.29, 0.717) is 38.0 Å². The number of nitrogens with two attached hydrogens (primary N) is 1. The normalized spacial score (nSPS) is 29.3. The molecule has 0 aromatic rings. The third kappa shape index (κ3) is 3.71. The Hall–Kier alpha value is -0.170. The molecule has 1 heterocycles. The van der Waals surface area contributed by atoms with Crippen LogP contribution in [0.3, 0.4) is 0 Å². The van der Waals surface area contributed by atoms with Crippen LogP contribution in [0, 0.1) is 11.8 Å². The summed E-state index contributed by atoms with van der Waals surface area (Å²) in [6.07, 6.45) is 1.10. The summed E-state index contributed by atoms with van der Waals surface area (Å²) in [5, 5.41) is 0. The maximum atomic E-state index is 11.8. The minimum Gasteiger partial charge on any atom is -0.329 e. The minimum absolute atomic E-state index is 0.307. The van der Waals surface area contributed by atoms with Crippen LogP contribution >= 0.6 is 0 Å². The van der Waals surface area contributed by atoms with Gasteiger partial charge < -0.3 is 5.73 Å². The molecule has 0 aliphatic carbocycles. The SMILES string of the molecule is CC1CC(C)CN(S(=O)(=O)NCCN)C1. The van der Waals surface area contributed by atoms with Gasteiger partial charge in [-0.15, -0.1) is 0 Å². The molecule has 0 aromatic carbocycles. The number of nitrogens with one attached hydrogen (secondary N) is 1. The van der Waals surface area contributed by atoms with Crippen LogP contribution < -0.4 is 10.5 Å². The number of rotatable bonds is 4. The van der Waals surface area contributed by atoms with Crippen molar-refractivity contribution in [2.45, 2.75) is 20.3 Å². The van der Waals surface area contributed by atoms with Crippen molar-refractivity contribution in [3.8, 4) is 0 Å². The molecule has 0 spiro atoms. The molecule has 3 N–H and O–H groups in total. The molecule has 90 valence electrons. The fourth-order valence-corrected chi connectivity index (χ4v) is 3.54. The van der Waals surface area contributed by atoms with E-state index in [4.69, 9.17) is 5.73 Å². The Labute approximate surface area is 92.2 Å². The smallest absolute Gasteiger partial charge is 0.279 e. The molecule has 1 rings (SSSR count). The van der Waals surface area contributed by atoms with Crippen LogP contribution in [0.15, 0.2) is 0 Å². The molecule has 2 unspecified atom stereocenters. The molecule has 0 radical (unpaired) electrons. The maximum absolute atomic E-state index is 11.8. The summed E-state index contributed by atoms with van der Waals surface area (Å²) in [4.78, 5) is 0. The van der Waals surface area contributed by atoms with Crippen molar-refractivity contribution in [3.63, 3.8) is 0 Å². The zero-order chi connectivity index (χ0) is 11.5. The lowest BCUT2D eigenvalue weighted by atomic mass is 9.94. The number of nitrogens with zero attached hydrogens (tertiary/aromatic N) is 1. The number of hydrogen-bond donors (Lipinski definition) is 2. The molecule has 1 fully saturated rings. The molecule has 15 heavy (non-hydrogen) atoms. The van der Waals surface area contributed by atoms with Crippen molar-refractivity contribution in [2.24, 2.45) is 17.6 Å². The van der Waals surface area contributed by atoms with E-state index in [1.807, 2.05) is 0 Å². The largest absolute Gasteiger partial charge is 0.329 e. The van der Waals surface area contributed by atoms with Crippen molar-refractivity contribution in [3.05, 3.63) is 0 Å². The van der Waals surface area contributed by atoms with Gasteiger partial charge in [-0.05, 0) is 18.3 Å². The standard InChI is InChI=1S/C9H21N3O2S/c1-8-5-9(2)7-12(6-8)15(13,14)11-4-3-10/h8-9,11H,3-7,10H2,1-2H3. The second-order valence-corrected chi connectivity index (χ2v) is 6.21. The molecule has 2 atom stereocenters. The van der Waals surface area contributed by atoms with Gasteiger partial charge in [0.05, 0.1) is 0 Å². The molecule has 1 saturated heterocycles. The molecule has 0 bridgehead atoms. The molecule has 0 aromatic heterocycles. The van der Waals surface area contributed by atoms with E-state index >= 15 is 0 Å². The first-order valence-electron chi connectivity index (χ1n) is 5.40. The molecule has 1 aliphatic rings. The number of piperidine rings is 1. The van der Waals surface area contributed by atoms with Gasteiger partial charge in [0.1, 0.15) is 0 Å². The molecular formula is C9H21N3O2S. The minimum atomic E-state index is -3.31. The lowest BCUT2D eigenvalue weighted by Gasteiger charge is -2.33. The van der Waals surface area contributed by atoms with Gasteiger partial charge in [-0.1, -0.05) is 13.8 Å². The van der Waals surface area contributed by atoms with E-state index in [1.54, 1.807) is 0 Å². The van der Waals surface area contributed by atoms with E-state index in [0.717, 1.165) is 6.42 Å². The Morgan fingerprint density at radius 2 is 1.87 bits per heavy atom. The molecule has 5 nitrogen and oxygen atoms in total. The summed E-state index contributed by atoms with van der Waals surface area (Å²) in [6.45, 7) is 6.04. The highest BCUT2D eigenvalue weighted by Gasteiger charge is 2.29. The molecule has 6 heteroatoms. The average Bonchev–Trinajstić information content (AvgIpc) is 2.13. The summed E-state index contributed by atoms with van der Waals surface area (Å²) in [5.41, 5.74) is 5.27. The summed E-state index contributed by atoms with van der Waals surface area (Å²) in [6, 6.07) is 0. The first-order valence-corrected chi connectivity index (χ1v) is 6.84. The van der Waals surface area contributed by atoms with Crippen molar-refractivity contribution in [2.75, 3.05) is 26.2 Å². The van der Waals surface area contributed by atoms with E-state index in [9.17, 15) is 8.42 Å². The van der Waals surface area contributed by atoms with Gasteiger partial charge in [-0.2, -0.15) is 12.7 Å². The Kier molecular flexibility index (Phi) is 4.51. The van der Waals surface area contributed by atoms with Gasteiger partial charge in [0, 0.05) is 26.2 Å². The molecular weight excluding hydrogens is 214 g/mol. The third-order valence-corrected chi connectivity index (χ3v) is 4.15. The summed E-state index contributed by atoms with van der Waals surface area (Å²) in [7, 11) is -3.31. The van der Waals surface area contributed by atoms with E-state index in [1.165, 1.54) is 4.31 Å². The van der Waals surface area contributed by atoms with Gasteiger partial charge in [-0.3, -0.25) is 0 Å². The highest BCUT2D eigenvalue weighted by Crippen LogP contribution is 2.22. The first-order chi connectivity index (χ1) is 6.95. The van der Waals surface area contributed by atoms with Crippen molar-refractivity contribution < 1.29 is 8.42 Å². The van der Waals surface area contributed by atoms with E-state index in [2.05, 4.69) is 18.6 Å². The first kappa shape index (κ1) is 12.9. The summed E-state index contributed by atoms with van der Waals surface area (Å²) < 4.78 is 27.6. The highest BCUT2D eigenvalue weighted by molar-refractivity contribution is 7.87. The Morgan fingerprint density at radius 1 is 1.33 bits per heavy atom. The van der Waals surface area contributed by atoms with Gasteiger partial charge >= 0.3 is 0 Å². The topological polar surface area (TPSA) is 75.4 Å².